The first-order valence-corrected chi connectivity index (χ1v) is 7.91. The Morgan fingerprint density at radius 2 is 1.81 bits per heavy atom. The van der Waals surface area contributed by atoms with Gasteiger partial charge in [-0.15, -0.1) is 5.10 Å². The number of nitrogens with one attached hydrogen (secondary N) is 1. The maximum atomic E-state index is 13.5. The average Bonchev–Trinajstić information content (AvgIpc) is 3.02. The van der Waals surface area contributed by atoms with Crippen LogP contribution in [0.5, 0.6) is 0 Å². The van der Waals surface area contributed by atoms with E-state index in [1.165, 1.54) is 30.3 Å². The van der Waals surface area contributed by atoms with Crippen LogP contribution in [0.4, 0.5) is 23.2 Å². The predicted octanol–water partition coefficient (Wildman–Crippen LogP) is 4.44. The van der Waals surface area contributed by atoms with E-state index in [0.717, 1.165) is 12.1 Å². The van der Waals surface area contributed by atoms with E-state index < -0.39 is 29.3 Å². The van der Waals surface area contributed by atoms with Gasteiger partial charge in [-0.3, -0.25) is 4.79 Å². The molecule has 2 aromatic carbocycles. The van der Waals surface area contributed by atoms with Gasteiger partial charge >= 0.3 is 6.18 Å². The summed E-state index contributed by atoms with van der Waals surface area (Å²) in [6, 6.07) is 10.5. The van der Waals surface area contributed by atoms with Gasteiger partial charge in [-0.2, -0.15) is 13.2 Å². The van der Waals surface area contributed by atoms with E-state index in [1.54, 1.807) is 6.07 Å². The summed E-state index contributed by atoms with van der Waals surface area (Å²) in [7, 11) is 0. The van der Waals surface area contributed by atoms with E-state index in [0.29, 0.717) is 9.15 Å². The van der Waals surface area contributed by atoms with Crippen LogP contribution in [0.25, 0.3) is 5.69 Å². The first-order chi connectivity index (χ1) is 12.3. The minimum Gasteiger partial charge on any atom is -0.321 e. The quantitative estimate of drug-likeness (QED) is 0.627. The number of aromatic nitrogens is 3. The van der Waals surface area contributed by atoms with Crippen LogP contribution in [0.1, 0.15) is 16.2 Å². The summed E-state index contributed by atoms with van der Waals surface area (Å²) in [4.78, 5) is 12.2. The second-order valence-electron chi connectivity index (χ2n) is 5.14. The lowest BCUT2D eigenvalue weighted by molar-refractivity contribution is -0.143. The van der Waals surface area contributed by atoms with Crippen LogP contribution >= 0.6 is 15.9 Å². The van der Waals surface area contributed by atoms with Gasteiger partial charge in [0.05, 0.1) is 5.69 Å². The summed E-state index contributed by atoms with van der Waals surface area (Å²) >= 11 is 3.17. The Bertz CT molecular complexity index is 954. The van der Waals surface area contributed by atoms with Gasteiger partial charge in [0, 0.05) is 10.2 Å². The molecule has 3 rings (SSSR count). The van der Waals surface area contributed by atoms with Crippen molar-refractivity contribution in [2.24, 2.45) is 0 Å². The first-order valence-electron chi connectivity index (χ1n) is 7.11. The molecule has 0 aliphatic carbocycles. The monoisotopic (exact) mass is 428 g/mol. The van der Waals surface area contributed by atoms with Gasteiger partial charge in [0.25, 0.3) is 5.91 Å². The van der Waals surface area contributed by atoms with Crippen LogP contribution in [-0.2, 0) is 6.18 Å². The molecule has 1 N–H and O–H groups in total. The number of hydrogen-bond donors (Lipinski definition) is 1. The van der Waals surface area contributed by atoms with E-state index in [-0.39, 0.29) is 11.4 Å². The Hall–Kier alpha value is -2.75. The zero-order chi connectivity index (χ0) is 18.9. The minimum absolute atomic E-state index is 0.0834. The van der Waals surface area contributed by atoms with Crippen molar-refractivity contribution in [3.63, 3.8) is 0 Å². The summed E-state index contributed by atoms with van der Waals surface area (Å²) in [6.45, 7) is 0. The summed E-state index contributed by atoms with van der Waals surface area (Å²) in [5, 5.41) is 9.11. The van der Waals surface area contributed by atoms with Crippen molar-refractivity contribution in [1.29, 1.82) is 0 Å². The Balaban J connectivity index is 2.02. The van der Waals surface area contributed by atoms with Crippen molar-refractivity contribution in [3.05, 3.63) is 70.2 Å². The number of benzene rings is 2. The fraction of sp³-hybridized carbons (Fsp3) is 0.0625. The van der Waals surface area contributed by atoms with Crippen molar-refractivity contribution >= 4 is 27.5 Å². The molecule has 0 atom stereocenters. The van der Waals surface area contributed by atoms with Crippen LogP contribution in [0.3, 0.4) is 0 Å². The fourth-order valence-corrected chi connectivity index (χ4v) is 2.59. The number of halogens is 5. The molecular weight excluding hydrogens is 420 g/mol. The van der Waals surface area contributed by atoms with Gasteiger partial charge in [0.1, 0.15) is 5.82 Å². The third kappa shape index (κ3) is 3.74. The van der Waals surface area contributed by atoms with Crippen molar-refractivity contribution < 1.29 is 22.4 Å². The Labute approximate surface area is 152 Å². The highest BCUT2D eigenvalue weighted by molar-refractivity contribution is 9.10. The van der Waals surface area contributed by atoms with E-state index in [9.17, 15) is 22.4 Å². The number of anilines is 1. The summed E-state index contributed by atoms with van der Waals surface area (Å²) in [5.74, 6) is -1.65. The number of nitrogens with zero attached hydrogens (tertiary/aromatic N) is 3. The highest BCUT2D eigenvalue weighted by atomic mass is 79.9. The smallest absolute Gasteiger partial charge is 0.321 e. The predicted molar refractivity (Wildman–Crippen MR) is 88.4 cm³/mol. The highest BCUT2D eigenvalue weighted by Crippen LogP contribution is 2.33. The topological polar surface area (TPSA) is 59.8 Å². The summed E-state index contributed by atoms with van der Waals surface area (Å²) < 4.78 is 54.6. The van der Waals surface area contributed by atoms with Crippen molar-refractivity contribution in [3.8, 4) is 5.69 Å². The van der Waals surface area contributed by atoms with E-state index in [1.807, 2.05) is 0 Å². The molecule has 1 heterocycles. The number of hydrogen-bond acceptors (Lipinski definition) is 3. The average molecular weight is 429 g/mol. The molecule has 0 aliphatic rings. The normalized spacial score (nSPS) is 11.4. The molecule has 134 valence electrons. The Morgan fingerprint density at radius 1 is 1.12 bits per heavy atom. The molecule has 0 fully saturated rings. The SMILES string of the molecule is O=C(Nc1ccc(F)cc1)c1nnn(-c2cccc(Br)c2)c1C(F)(F)F. The molecule has 0 radical (unpaired) electrons. The molecular formula is C16H9BrF4N4O. The molecule has 10 heteroatoms. The highest BCUT2D eigenvalue weighted by Gasteiger charge is 2.42. The van der Waals surface area contributed by atoms with Crippen LogP contribution in [0, 0.1) is 5.82 Å². The van der Waals surface area contributed by atoms with Crippen LogP contribution in [-0.4, -0.2) is 20.9 Å². The molecule has 0 saturated carbocycles. The third-order valence-electron chi connectivity index (χ3n) is 3.31. The molecule has 3 aromatic rings. The number of alkyl halides is 3. The zero-order valence-electron chi connectivity index (χ0n) is 12.8. The molecule has 0 saturated heterocycles. The van der Waals surface area contributed by atoms with E-state index in [4.69, 9.17) is 0 Å². The standard InChI is InChI=1S/C16H9BrF4N4O/c17-9-2-1-3-12(8-9)25-14(16(19,20)21)13(23-24-25)15(26)22-11-6-4-10(18)5-7-11/h1-8H,(H,22,26). The van der Waals surface area contributed by atoms with Gasteiger partial charge < -0.3 is 5.32 Å². The molecule has 0 unspecified atom stereocenters. The minimum atomic E-state index is -4.87. The van der Waals surface area contributed by atoms with Gasteiger partial charge in [0.15, 0.2) is 11.4 Å². The maximum absolute atomic E-state index is 13.5. The van der Waals surface area contributed by atoms with Gasteiger partial charge in [0.2, 0.25) is 0 Å². The Morgan fingerprint density at radius 3 is 2.42 bits per heavy atom. The zero-order valence-corrected chi connectivity index (χ0v) is 14.3. The molecule has 0 bridgehead atoms. The summed E-state index contributed by atoms with van der Waals surface area (Å²) in [6.07, 6.45) is -4.87. The lowest BCUT2D eigenvalue weighted by atomic mass is 10.2. The second kappa shape index (κ2) is 6.87. The van der Waals surface area contributed by atoms with E-state index >= 15 is 0 Å². The van der Waals surface area contributed by atoms with Crippen LogP contribution in [0.2, 0.25) is 0 Å². The van der Waals surface area contributed by atoms with Gasteiger partial charge in [-0.1, -0.05) is 27.2 Å². The number of carbonyl (C=O) groups is 1. The van der Waals surface area contributed by atoms with Gasteiger partial charge in [-0.05, 0) is 42.5 Å². The third-order valence-corrected chi connectivity index (χ3v) is 3.80. The first kappa shape index (κ1) is 18.1. The molecule has 0 aliphatic heterocycles. The molecule has 26 heavy (non-hydrogen) atoms. The van der Waals surface area contributed by atoms with Crippen molar-refractivity contribution in [2.45, 2.75) is 6.18 Å². The fourth-order valence-electron chi connectivity index (χ4n) is 2.20. The number of carbonyl (C=O) groups excluding carboxylic acids is 1. The second-order valence-corrected chi connectivity index (χ2v) is 6.05. The molecule has 0 spiro atoms. The number of rotatable bonds is 3. The van der Waals surface area contributed by atoms with Crippen LogP contribution < -0.4 is 5.32 Å². The molecule has 1 amide bonds. The lowest BCUT2D eigenvalue weighted by Gasteiger charge is -2.11. The molecule has 1 aromatic heterocycles. The molecule has 5 nitrogen and oxygen atoms in total. The largest absolute Gasteiger partial charge is 0.435 e. The van der Waals surface area contributed by atoms with Crippen molar-refractivity contribution in [2.75, 3.05) is 5.32 Å². The summed E-state index contributed by atoms with van der Waals surface area (Å²) in [5.41, 5.74) is -1.99. The number of amides is 1. The van der Waals surface area contributed by atoms with Crippen molar-refractivity contribution in [1.82, 2.24) is 15.0 Å². The van der Waals surface area contributed by atoms with Gasteiger partial charge in [-0.25, -0.2) is 9.07 Å². The lowest BCUT2D eigenvalue weighted by Crippen LogP contribution is -2.21. The van der Waals surface area contributed by atoms with Crippen LogP contribution in [0.15, 0.2) is 53.0 Å². The van der Waals surface area contributed by atoms with E-state index in [2.05, 4.69) is 31.6 Å². The Kier molecular flexibility index (Phi) is 4.77. The maximum Gasteiger partial charge on any atom is 0.435 e.